The molecule has 0 atom stereocenters. The Bertz CT molecular complexity index is 1230. The summed E-state index contributed by atoms with van der Waals surface area (Å²) in [6.45, 7) is 1.01. The summed E-state index contributed by atoms with van der Waals surface area (Å²) < 4.78 is 40.0. The normalized spacial score (nSPS) is 15.5. The molecule has 1 saturated heterocycles. The van der Waals surface area contributed by atoms with Gasteiger partial charge in [-0.05, 0) is 30.3 Å². The third-order valence-electron chi connectivity index (χ3n) is 4.87. The summed E-state index contributed by atoms with van der Waals surface area (Å²) in [7, 11) is -3.75. The predicted molar refractivity (Wildman–Crippen MR) is 109 cm³/mol. The molecule has 1 aromatic heterocycles. The van der Waals surface area contributed by atoms with Crippen molar-refractivity contribution >= 4 is 44.0 Å². The molecule has 12 heteroatoms. The summed E-state index contributed by atoms with van der Waals surface area (Å²) >= 11 is 5.96. The first-order valence-electron chi connectivity index (χ1n) is 8.86. The Hall–Kier alpha value is -2.89. The van der Waals surface area contributed by atoms with E-state index in [1.165, 1.54) is 34.9 Å². The van der Waals surface area contributed by atoms with Crippen LogP contribution in [0.5, 0.6) is 0 Å². The van der Waals surface area contributed by atoms with Gasteiger partial charge in [0.1, 0.15) is 23.0 Å². The van der Waals surface area contributed by atoms with Crippen molar-refractivity contribution in [1.29, 1.82) is 0 Å². The Morgan fingerprint density at radius 1 is 1.07 bits per heavy atom. The maximum absolute atomic E-state index is 13.1. The average Bonchev–Trinajstić information content (AvgIpc) is 2.73. The average molecular weight is 452 g/mol. The number of fused-ring (bicyclic) bond motifs is 1. The second kappa shape index (κ2) is 7.74. The minimum atomic E-state index is -3.75. The first-order valence-corrected chi connectivity index (χ1v) is 10.7. The lowest BCUT2D eigenvalue weighted by Crippen LogP contribution is -2.49. The van der Waals surface area contributed by atoms with Crippen LogP contribution in [0.1, 0.15) is 0 Å². The maximum atomic E-state index is 13.1. The van der Waals surface area contributed by atoms with Crippen LogP contribution in [0.2, 0.25) is 5.02 Å². The lowest BCUT2D eigenvalue weighted by Gasteiger charge is -2.35. The van der Waals surface area contributed by atoms with Crippen LogP contribution < -0.4 is 4.90 Å². The predicted octanol–water partition coefficient (Wildman–Crippen LogP) is 2.84. The molecule has 0 radical (unpaired) electrons. The van der Waals surface area contributed by atoms with Crippen LogP contribution in [0.25, 0.3) is 10.9 Å². The van der Waals surface area contributed by atoms with Gasteiger partial charge in [0.15, 0.2) is 0 Å². The molecular formula is C18H15ClFN5O4S. The molecule has 0 saturated carbocycles. The second-order valence-corrected chi connectivity index (χ2v) is 8.97. The standard InChI is InChI=1S/C18H15ClFN5O4S/c19-15-10-16-14(9-17(15)25(26)27)18(22-11-21-16)23-5-7-24(8-6-23)30(28,29)13-3-1-12(20)2-4-13/h1-4,9-11H,5-8H2. The van der Waals surface area contributed by atoms with Gasteiger partial charge in [0.25, 0.3) is 5.69 Å². The fourth-order valence-electron chi connectivity index (χ4n) is 3.34. The summed E-state index contributed by atoms with van der Waals surface area (Å²) in [5.41, 5.74) is 0.203. The van der Waals surface area contributed by atoms with Gasteiger partial charge < -0.3 is 4.90 Å². The molecule has 0 amide bonds. The van der Waals surface area contributed by atoms with Gasteiger partial charge in [-0.15, -0.1) is 0 Å². The summed E-state index contributed by atoms with van der Waals surface area (Å²) in [4.78, 5) is 20.9. The molecule has 0 spiro atoms. The van der Waals surface area contributed by atoms with Crippen LogP contribution in [-0.2, 0) is 10.0 Å². The Balaban J connectivity index is 1.60. The number of piperazine rings is 1. The van der Waals surface area contributed by atoms with Gasteiger partial charge in [-0.25, -0.2) is 22.8 Å². The molecule has 0 N–H and O–H groups in total. The SMILES string of the molecule is O=[N+]([O-])c1cc2c(N3CCN(S(=O)(=O)c4ccc(F)cc4)CC3)ncnc2cc1Cl. The van der Waals surface area contributed by atoms with Crippen molar-refractivity contribution in [3.8, 4) is 0 Å². The van der Waals surface area contributed by atoms with Crippen LogP contribution in [-0.4, -0.2) is 53.8 Å². The molecular weight excluding hydrogens is 437 g/mol. The zero-order chi connectivity index (χ0) is 21.5. The van der Waals surface area contributed by atoms with E-state index in [0.717, 1.165) is 12.1 Å². The molecule has 1 aliphatic heterocycles. The van der Waals surface area contributed by atoms with Gasteiger partial charge in [-0.3, -0.25) is 10.1 Å². The highest BCUT2D eigenvalue weighted by molar-refractivity contribution is 7.89. The van der Waals surface area contributed by atoms with Crippen molar-refractivity contribution < 1.29 is 17.7 Å². The lowest BCUT2D eigenvalue weighted by molar-refractivity contribution is -0.384. The van der Waals surface area contributed by atoms with Crippen molar-refractivity contribution in [3.05, 3.63) is 63.7 Å². The number of anilines is 1. The molecule has 0 aliphatic carbocycles. The number of hydrogen-bond donors (Lipinski definition) is 0. The van der Waals surface area contributed by atoms with Crippen LogP contribution in [0.4, 0.5) is 15.9 Å². The van der Waals surface area contributed by atoms with Crippen molar-refractivity contribution in [3.63, 3.8) is 0 Å². The topological polar surface area (TPSA) is 110 Å². The molecule has 156 valence electrons. The van der Waals surface area contributed by atoms with Crippen molar-refractivity contribution in [2.24, 2.45) is 0 Å². The van der Waals surface area contributed by atoms with E-state index in [-0.39, 0.29) is 28.7 Å². The number of nitro groups is 1. The molecule has 30 heavy (non-hydrogen) atoms. The van der Waals surface area contributed by atoms with E-state index in [1.54, 1.807) is 0 Å². The van der Waals surface area contributed by atoms with Crippen LogP contribution in [0.3, 0.4) is 0 Å². The molecule has 9 nitrogen and oxygen atoms in total. The molecule has 1 fully saturated rings. The molecule has 2 heterocycles. The summed E-state index contributed by atoms with van der Waals surface area (Å²) in [5, 5.41) is 11.7. The number of rotatable bonds is 4. The fraction of sp³-hybridized carbons (Fsp3) is 0.222. The number of benzene rings is 2. The van der Waals surface area contributed by atoms with E-state index in [2.05, 4.69) is 9.97 Å². The van der Waals surface area contributed by atoms with Crippen molar-refractivity contribution in [2.45, 2.75) is 4.90 Å². The maximum Gasteiger partial charge on any atom is 0.288 e. The first-order chi connectivity index (χ1) is 14.3. The minimum Gasteiger partial charge on any atom is -0.353 e. The number of hydrogen-bond acceptors (Lipinski definition) is 7. The van der Waals surface area contributed by atoms with Crippen molar-refractivity contribution in [2.75, 3.05) is 31.1 Å². The first kappa shape index (κ1) is 20.4. The summed E-state index contributed by atoms with van der Waals surface area (Å²) in [5.74, 6) is -0.0396. The third-order valence-corrected chi connectivity index (χ3v) is 7.08. The van der Waals surface area contributed by atoms with Gasteiger partial charge in [0.2, 0.25) is 10.0 Å². The van der Waals surface area contributed by atoms with E-state index in [4.69, 9.17) is 11.6 Å². The van der Waals surface area contributed by atoms with Gasteiger partial charge in [0.05, 0.1) is 15.3 Å². The highest BCUT2D eigenvalue weighted by Gasteiger charge is 2.30. The monoisotopic (exact) mass is 451 g/mol. The Morgan fingerprint density at radius 3 is 2.37 bits per heavy atom. The number of nitrogens with zero attached hydrogens (tertiary/aromatic N) is 5. The van der Waals surface area contributed by atoms with Gasteiger partial charge >= 0.3 is 0 Å². The lowest BCUT2D eigenvalue weighted by atomic mass is 10.2. The third kappa shape index (κ3) is 3.66. The molecule has 3 aromatic rings. The fourth-order valence-corrected chi connectivity index (χ4v) is 4.99. The number of sulfonamides is 1. The van der Waals surface area contributed by atoms with E-state index in [0.29, 0.717) is 29.8 Å². The number of halogens is 2. The zero-order valence-electron chi connectivity index (χ0n) is 15.4. The van der Waals surface area contributed by atoms with E-state index in [9.17, 15) is 22.9 Å². The molecule has 4 rings (SSSR count). The highest BCUT2D eigenvalue weighted by Crippen LogP contribution is 2.33. The zero-order valence-corrected chi connectivity index (χ0v) is 17.0. The minimum absolute atomic E-state index is 0.0210. The Kier molecular flexibility index (Phi) is 5.26. The second-order valence-electron chi connectivity index (χ2n) is 6.62. The Labute approximate surface area is 175 Å². The smallest absolute Gasteiger partial charge is 0.288 e. The van der Waals surface area contributed by atoms with Crippen LogP contribution >= 0.6 is 11.6 Å². The Morgan fingerprint density at radius 2 is 1.73 bits per heavy atom. The number of aromatic nitrogens is 2. The largest absolute Gasteiger partial charge is 0.353 e. The van der Waals surface area contributed by atoms with E-state index >= 15 is 0 Å². The van der Waals surface area contributed by atoms with Crippen molar-refractivity contribution in [1.82, 2.24) is 14.3 Å². The van der Waals surface area contributed by atoms with E-state index in [1.807, 2.05) is 4.90 Å². The highest BCUT2D eigenvalue weighted by atomic mass is 35.5. The quantitative estimate of drug-likeness (QED) is 0.443. The molecule has 0 unspecified atom stereocenters. The summed E-state index contributed by atoms with van der Waals surface area (Å²) in [6.07, 6.45) is 1.33. The van der Waals surface area contributed by atoms with Crippen LogP contribution in [0.15, 0.2) is 47.6 Å². The van der Waals surface area contributed by atoms with Gasteiger partial charge in [-0.1, -0.05) is 11.6 Å². The summed E-state index contributed by atoms with van der Waals surface area (Å²) in [6, 6.07) is 7.42. The van der Waals surface area contributed by atoms with Crippen LogP contribution in [0, 0.1) is 15.9 Å². The van der Waals surface area contributed by atoms with Gasteiger partial charge in [-0.2, -0.15) is 4.31 Å². The van der Waals surface area contributed by atoms with E-state index < -0.39 is 20.8 Å². The number of nitro benzene ring substituents is 1. The van der Waals surface area contributed by atoms with Gasteiger partial charge in [0, 0.05) is 37.6 Å². The molecule has 1 aliphatic rings. The molecule has 0 bridgehead atoms. The molecule has 2 aromatic carbocycles.